The predicted octanol–water partition coefficient (Wildman–Crippen LogP) is 7.70. The van der Waals surface area contributed by atoms with Gasteiger partial charge in [-0.15, -0.1) is 0 Å². The zero-order chi connectivity index (χ0) is 26.1. The van der Waals surface area contributed by atoms with E-state index in [1.54, 1.807) is 6.07 Å². The van der Waals surface area contributed by atoms with Gasteiger partial charge in [-0.2, -0.15) is 0 Å². The number of halogens is 2. The van der Waals surface area contributed by atoms with Crippen LogP contribution in [-0.2, 0) is 16.1 Å². The minimum Gasteiger partial charge on any atom is -0.488 e. The van der Waals surface area contributed by atoms with E-state index >= 15 is 0 Å². The topological polar surface area (TPSA) is 47.6 Å². The van der Waals surface area contributed by atoms with Gasteiger partial charge in [-0.05, 0) is 74.7 Å². The SMILES string of the molecule is C/C=C/C=C(/CC1=CCC(C)=CC=C1OCc1c(F)cccc1F)Nc1ccc(C)c(C(=O)OC)c1. The number of hydrogen-bond donors (Lipinski definition) is 1. The highest BCUT2D eigenvalue weighted by molar-refractivity contribution is 5.92. The Kier molecular flexibility index (Phi) is 9.39. The third-order valence-corrected chi connectivity index (χ3v) is 5.76. The van der Waals surface area contributed by atoms with Crippen molar-refractivity contribution in [3.05, 3.63) is 124 Å². The molecule has 0 saturated heterocycles. The molecule has 36 heavy (non-hydrogen) atoms. The van der Waals surface area contributed by atoms with Gasteiger partial charge >= 0.3 is 5.97 Å². The van der Waals surface area contributed by atoms with Crippen LogP contribution in [0.3, 0.4) is 0 Å². The van der Waals surface area contributed by atoms with E-state index in [1.807, 2.05) is 63.3 Å². The normalized spacial score (nSPS) is 14.1. The van der Waals surface area contributed by atoms with Crippen molar-refractivity contribution in [1.82, 2.24) is 0 Å². The summed E-state index contributed by atoms with van der Waals surface area (Å²) in [5.41, 5.74) is 4.79. The van der Waals surface area contributed by atoms with Gasteiger partial charge < -0.3 is 14.8 Å². The Balaban J connectivity index is 1.86. The molecule has 2 aromatic rings. The lowest BCUT2D eigenvalue weighted by atomic mass is 10.0. The fourth-order valence-electron chi connectivity index (χ4n) is 3.68. The molecule has 1 aliphatic rings. The Morgan fingerprint density at radius 1 is 1.11 bits per heavy atom. The van der Waals surface area contributed by atoms with Gasteiger partial charge in [0.15, 0.2) is 0 Å². The summed E-state index contributed by atoms with van der Waals surface area (Å²) in [4.78, 5) is 12.1. The molecular formula is C30H31F2NO3. The number of methoxy groups -OCH3 is 1. The summed E-state index contributed by atoms with van der Waals surface area (Å²) in [6.45, 7) is 5.56. The Morgan fingerprint density at radius 2 is 1.86 bits per heavy atom. The van der Waals surface area contributed by atoms with Crippen LogP contribution in [0.15, 0.2) is 95.5 Å². The van der Waals surface area contributed by atoms with Gasteiger partial charge in [0.1, 0.15) is 24.0 Å². The van der Waals surface area contributed by atoms with E-state index in [2.05, 4.69) is 11.4 Å². The van der Waals surface area contributed by atoms with E-state index in [0.717, 1.165) is 34.5 Å². The summed E-state index contributed by atoms with van der Waals surface area (Å²) >= 11 is 0. The fraction of sp³-hybridized carbons (Fsp3) is 0.233. The van der Waals surface area contributed by atoms with Crippen molar-refractivity contribution in [1.29, 1.82) is 0 Å². The average molecular weight is 492 g/mol. The summed E-state index contributed by atoms with van der Waals surface area (Å²) in [5, 5.41) is 3.39. The zero-order valence-electron chi connectivity index (χ0n) is 21.0. The van der Waals surface area contributed by atoms with E-state index in [9.17, 15) is 13.6 Å². The number of ether oxygens (including phenoxy) is 2. The number of nitrogens with one attached hydrogen (secondary N) is 1. The Hall–Kier alpha value is -3.93. The molecule has 0 aromatic heterocycles. The van der Waals surface area contributed by atoms with Gasteiger partial charge in [0.05, 0.1) is 18.2 Å². The minimum atomic E-state index is -0.641. The molecule has 6 heteroatoms. The summed E-state index contributed by atoms with van der Waals surface area (Å²) in [6, 6.07) is 9.28. The molecule has 1 aliphatic carbocycles. The maximum atomic E-state index is 14.2. The summed E-state index contributed by atoms with van der Waals surface area (Å²) in [6.07, 6.45) is 12.8. The van der Waals surface area contributed by atoms with Crippen molar-refractivity contribution >= 4 is 11.7 Å². The second kappa shape index (κ2) is 12.7. The van der Waals surface area contributed by atoms with Gasteiger partial charge in [0, 0.05) is 17.8 Å². The highest BCUT2D eigenvalue weighted by Crippen LogP contribution is 2.28. The van der Waals surface area contributed by atoms with Crippen LogP contribution in [0.5, 0.6) is 0 Å². The zero-order valence-corrected chi connectivity index (χ0v) is 21.0. The lowest BCUT2D eigenvalue weighted by Crippen LogP contribution is -2.08. The van der Waals surface area contributed by atoms with Crippen molar-refractivity contribution in [3.63, 3.8) is 0 Å². The molecule has 4 nitrogen and oxygen atoms in total. The van der Waals surface area contributed by atoms with Gasteiger partial charge in [0.25, 0.3) is 0 Å². The fourth-order valence-corrected chi connectivity index (χ4v) is 3.68. The van der Waals surface area contributed by atoms with Crippen LogP contribution in [0.25, 0.3) is 0 Å². The lowest BCUT2D eigenvalue weighted by molar-refractivity contribution is 0.0600. The Labute approximate surface area is 211 Å². The Bertz CT molecular complexity index is 1250. The third-order valence-electron chi connectivity index (χ3n) is 5.76. The molecule has 0 unspecified atom stereocenters. The van der Waals surface area contributed by atoms with Crippen LogP contribution in [0, 0.1) is 18.6 Å². The molecular weight excluding hydrogens is 460 g/mol. The second-order valence-corrected chi connectivity index (χ2v) is 8.51. The quantitative estimate of drug-likeness (QED) is 0.288. The third kappa shape index (κ3) is 7.04. The van der Waals surface area contributed by atoms with E-state index in [4.69, 9.17) is 9.47 Å². The molecule has 3 rings (SSSR count). The molecule has 2 aromatic carbocycles. The molecule has 0 atom stereocenters. The molecule has 0 amide bonds. The summed E-state index contributed by atoms with van der Waals surface area (Å²) in [7, 11) is 1.36. The van der Waals surface area contributed by atoms with E-state index in [-0.39, 0.29) is 12.2 Å². The molecule has 0 aliphatic heterocycles. The highest BCUT2D eigenvalue weighted by Gasteiger charge is 2.16. The molecule has 0 heterocycles. The predicted molar refractivity (Wildman–Crippen MR) is 139 cm³/mol. The Morgan fingerprint density at radius 3 is 2.56 bits per heavy atom. The van der Waals surface area contributed by atoms with Gasteiger partial charge in [-0.3, -0.25) is 0 Å². The lowest BCUT2D eigenvalue weighted by Gasteiger charge is -2.18. The van der Waals surface area contributed by atoms with Crippen LogP contribution in [0.1, 0.15) is 48.2 Å². The molecule has 1 N–H and O–H groups in total. The first-order valence-corrected chi connectivity index (χ1v) is 11.7. The van der Waals surface area contributed by atoms with Crippen molar-refractivity contribution in [2.24, 2.45) is 0 Å². The maximum absolute atomic E-state index is 14.2. The van der Waals surface area contributed by atoms with Crippen LogP contribution in [-0.4, -0.2) is 13.1 Å². The molecule has 0 spiro atoms. The number of benzene rings is 2. The molecule has 0 radical (unpaired) electrons. The molecule has 0 saturated carbocycles. The number of carbonyl (C=O) groups is 1. The van der Waals surface area contributed by atoms with E-state index in [0.29, 0.717) is 17.7 Å². The number of esters is 1. The highest BCUT2D eigenvalue weighted by atomic mass is 19.1. The number of rotatable bonds is 9. The number of aryl methyl sites for hydroxylation is 1. The number of hydrogen-bond acceptors (Lipinski definition) is 4. The first kappa shape index (κ1) is 26.7. The van der Waals surface area contributed by atoms with Gasteiger partial charge in [0.2, 0.25) is 0 Å². The van der Waals surface area contributed by atoms with Gasteiger partial charge in [-0.1, -0.05) is 42.0 Å². The number of allylic oxidation sites excluding steroid dienone is 9. The van der Waals surface area contributed by atoms with Crippen molar-refractivity contribution in [2.45, 2.75) is 40.2 Å². The van der Waals surface area contributed by atoms with Crippen LogP contribution < -0.4 is 5.32 Å². The van der Waals surface area contributed by atoms with Crippen LogP contribution in [0.2, 0.25) is 0 Å². The van der Waals surface area contributed by atoms with Crippen molar-refractivity contribution in [2.75, 3.05) is 12.4 Å². The van der Waals surface area contributed by atoms with Crippen molar-refractivity contribution < 1.29 is 23.0 Å². The number of carbonyl (C=O) groups excluding carboxylic acids is 1. The van der Waals surface area contributed by atoms with Crippen molar-refractivity contribution in [3.8, 4) is 0 Å². The van der Waals surface area contributed by atoms with E-state index in [1.165, 1.54) is 25.3 Å². The largest absolute Gasteiger partial charge is 0.488 e. The second-order valence-electron chi connectivity index (χ2n) is 8.51. The first-order valence-electron chi connectivity index (χ1n) is 11.7. The van der Waals surface area contributed by atoms with Crippen LogP contribution >= 0.6 is 0 Å². The number of anilines is 1. The standard InChI is InChI=1S/C30H31F2NO3/c1-5-6-8-23(33-24-15-13-21(3)25(18-24)30(34)35-4)17-22-14-11-20(2)12-16-29(22)36-19-26-27(31)9-7-10-28(26)32/h5-10,12-16,18,33H,11,17,19H2,1-4H3/b6-5+,23-8-. The maximum Gasteiger partial charge on any atom is 0.338 e. The molecule has 0 bridgehead atoms. The monoisotopic (exact) mass is 491 g/mol. The smallest absolute Gasteiger partial charge is 0.338 e. The van der Waals surface area contributed by atoms with Crippen LogP contribution in [0.4, 0.5) is 14.5 Å². The van der Waals surface area contributed by atoms with Gasteiger partial charge in [-0.25, -0.2) is 13.6 Å². The first-order chi connectivity index (χ1) is 17.3. The molecule has 0 fully saturated rings. The summed E-state index contributed by atoms with van der Waals surface area (Å²) < 4.78 is 39.1. The summed E-state index contributed by atoms with van der Waals surface area (Å²) in [5.74, 6) is -1.14. The minimum absolute atomic E-state index is 0.111. The molecule has 188 valence electrons. The average Bonchev–Trinajstić information content (AvgIpc) is 3.04. The van der Waals surface area contributed by atoms with E-state index < -0.39 is 17.6 Å².